The van der Waals surface area contributed by atoms with Crippen molar-refractivity contribution >= 4 is 22.4 Å². The van der Waals surface area contributed by atoms with E-state index in [1.54, 1.807) is 14.2 Å². The maximum absolute atomic E-state index is 12.9. The lowest BCUT2D eigenvalue weighted by Gasteiger charge is -2.09. The predicted molar refractivity (Wildman–Crippen MR) is 134 cm³/mol. The number of carbonyl (C=O) groups is 1. The number of nitrogens with one attached hydrogen (secondary N) is 1. The summed E-state index contributed by atoms with van der Waals surface area (Å²) in [5.41, 5.74) is 4.57. The molecule has 1 heterocycles. The van der Waals surface area contributed by atoms with Crippen LogP contribution >= 0.6 is 11.3 Å². The third-order valence-electron chi connectivity index (χ3n) is 5.31. The Labute approximate surface area is 198 Å². The zero-order valence-corrected chi connectivity index (χ0v) is 19.7. The minimum atomic E-state index is -0.176. The van der Waals surface area contributed by atoms with Gasteiger partial charge in [0.05, 0.1) is 19.9 Å². The van der Waals surface area contributed by atoms with Crippen molar-refractivity contribution in [2.24, 2.45) is 0 Å². The standard InChI is InChI=1S/C27H26N2O3S/c1-4-8-24-25(21-15-16-22(31-2)23(17-21)32-3)28-27(33-24)29-26(30)20-13-11-19(12-14-20)18-9-6-5-7-10-18/h5-7,9-17H,4,8H2,1-3H3,(H,28,29,30). The molecule has 33 heavy (non-hydrogen) atoms. The van der Waals surface area contributed by atoms with Crippen molar-refractivity contribution in [2.45, 2.75) is 19.8 Å². The predicted octanol–water partition coefficient (Wildman–Crippen LogP) is 6.70. The van der Waals surface area contributed by atoms with Crippen LogP contribution in [-0.4, -0.2) is 25.1 Å². The Morgan fingerprint density at radius 3 is 2.21 bits per heavy atom. The van der Waals surface area contributed by atoms with Gasteiger partial charge < -0.3 is 9.47 Å². The number of amides is 1. The summed E-state index contributed by atoms with van der Waals surface area (Å²) in [6.45, 7) is 2.13. The first kappa shape index (κ1) is 22.6. The van der Waals surface area contributed by atoms with Crippen LogP contribution in [0.4, 0.5) is 5.13 Å². The fraction of sp³-hybridized carbons (Fsp3) is 0.185. The van der Waals surface area contributed by atoms with Crippen LogP contribution in [0, 0.1) is 0 Å². The molecule has 0 spiro atoms. The Hall–Kier alpha value is -3.64. The van der Waals surface area contributed by atoms with E-state index in [0.29, 0.717) is 22.2 Å². The van der Waals surface area contributed by atoms with Gasteiger partial charge in [0.15, 0.2) is 16.6 Å². The number of hydrogen-bond acceptors (Lipinski definition) is 5. The number of ether oxygens (including phenoxy) is 2. The summed E-state index contributed by atoms with van der Waals surface area (Å²) in [5.74, 6) is 1.14. The van der Waals surface area contributed by atoms with Gasteiger partial charge in [-0.3, -0.25) is 10.1 Å². The van der Waals surface area contributed by atoms with E-state index in [-0.39, 0.29) is 5.91 Å². The van der Waals surface area contributed by atoms with Crippen molar-refractivity contribution < 1.29 is 14.3 Å². The minimum absolute atomic E-state index is 0.176. The first-order chi connectivity index (χ1) is 16.1. The monoisotopic (exact) mass is 458 g/mol. The molecule has 0 radical (unpaired) electrons. The van der Waals surface area contributed by atoms with E-state index in [9.17, 15) is 4.79 Å². The van der Waals surface area contributed by atoms with Crippen LogP contribution in [0.15, 0.2) is 72.8 Å². The van der Waals surface area contributed by atoms with Gasteiger partial charge in [-0.1, -0.05) is 55.8 Å². The van der Waals surface area contributed by atoms with Crippen LogP contribution < -0.4 is 14.8 Å². The molecule has 4 aromatic rings. The van der Waals surface area contributed by atoms with Crippen LogP contribution in [0.1, 0.15) is 28.6 Å². The van der Waals surface area contributed by atoms with E-state index in [4.69, 9.17) is 14.5 Å². The number of thiazole rings is 1. The van der Waals surface area contributed by atoms with Crippen molar-refractivity contribution in [2.75, 3.05) is 19.5 Å². The summed E-state index contributed by atoms with van der Waals surface area (Å²) in [4.78, 5) is 18.8. The molecule has 0 saturated carbocycles. The van der Waals surface area contributed by atoms with Gasteiger partial charge in [-0.2, -0.15) is 0 Å². The average molecular weight is 459 g/mol. The normalized spacial score (nSPS) is 10.6. The third-order valence-corrected chi connectivity index (χ3v) is 6.34. The highest BCUT2D eigenvalue weighted by molar-refractivity contribution is 7.16. The lowest BCUT2D eigenvalue weighted by atomic mass is 10.0. The molecule has 0 fully saturated rings. The molecular weight excluding hydrogens is 432 g/mol. The number of carbonyl (C=O) groups excluding carboxylic acids is 1. The summed E-state index contributed by atoms with van der Waals surface area (Å²) < 4.78 is 10.8. The largest absolute Gasteiger partial charge is 0.493 e. The fourth-order valence-electron chi connectivity index (χ4n) is 3.62. The summed E-state index contributed by atoms with van der Waals surface area (Å²) in [6.07, 6.45) is 1.86. The van der Waals surface area contributed by atoms with E-state index < -0.39 is 0 Å². The average Bonchev–Trinajstić information content (AvgIpc) is 3.26. The first-order valence-corrected chi connectivity index (χ1v) is 11.6. The fourth-order valence-corrected chi connectivity index (χ4v) is 4.71. The number of nitrogens with zero attached hydrogens (tertiary/aromatic N) is 1. The molecule has 0 aliphatic rings. The Bertz CT molecular complexity index is 1230. The minimum Gasteiger partial charge on any atom is -0.493 e. The van der Waals surface area contributed by atoms with Crippen molar-refractivity contribution in [3.63, 3.8) is 0 Å². The molecule has 1 N–H and O–H groups in total. The Morgan fingerprint density at radius 2 is 1.55 bits per heavy atom. The van der Waals surface area contributed by atoms with E-state index in [0.717, 1.165) is 40.1 Å². The molecule has 4 rings (SSSR count). The quantitative estimate of drug-likeness (QED) is 0.319. The number of aryl methyl sites for hydroxylation is 1. The highest BCUT2D eigenvalue weighted by Gasteiger charge is 2.17. The van der Waals surface area contributed by atoms with E-state index in [1.165, 1.54) is 11.3 Å². The van der Waals surface area contributed by atoms with Gasteiger partial charge in [0, 0.05) is 16.0 Å². The Kier molecular flexibility index (Phi) is 7.05. The number of aromatic nitrogens is 1. The summed E-state index contributed by atoms with van der Waals surface area (Å²) >= 11 is 1.51. The van der Waals surface area contributed by atoms with E-state index in [2.05, 4.69) is 24.4 Å². The SMILES string of the molecule is CCCc1sc(NC(=O)c2ccc(-c3ccccc3)cc2)nc1-c1ccc(OC)c(OC)c1. The van der Waals surface area contributed by atoms with Crippen molar-refractivity contribution in [1.29, 1.82) is 0 Å². The molecule has 5 nitrogen and oxygen atoms in total. The molecule has 1 aromatic heterocycles. The molecule has 1 amide bonds. The molecule has 0 aliphatic heterocycles. The Morgan fingerprint density at radius 1 is 0.879 bits per heavy atom. The van der Waals surface area contributed by atoms with Gasteiger partial charge in [0.25, 0.3) is 5.91 Å². The topological polar surface area (TPSA) is 60.5 Å². The van der Waals surface area contributed by atoms with Gasteiger partial charge in [-0.05, 0) is 47.9 Å². The molecule has 0 unspecified atom stereocenters. The van der Waals surface area contributed by atoms with E-state index >= 15 is 0 Å². The number of benzene rings is 3. The Balaban J connectivity index is 1.57. The van der Waals surface area contributed by atoms with Gasteiger partial charge >= 0.3 is 0 Å². The molecule has 0 saturated heterocycles. The molecule has 0 bridgehead atoms. The maximum Gasteiger partial charge on any atom is 0.257 e. The van der Waals surface area contributed by atoms with Crippen LogP contribution in [0.2, 0.25) is 0 Å². The second-order valence-corrected chi connectivity index (χ2v) is 8.59. The number of hydrogen-bond donors (Lipinski definition) is 1. The van der Waals surface area contributed by atoms with E-state index in [1.807, 2.05) is 60.7 Å². The summed E-state index contributed by atoms with van der Waals surface area (Å²) in [6, 6.07) is 23.5. The smallest absolute Gasteiger partial charge is 0.257 e. The number of methoxy groups -OCH3 is 2. The first-order valence-electron chi connectivity index (χ1n) is 10.8. The van der Waals surface area contributed by atoms with Crippen molar-refractivity contribution in [3.05, 3.63) is 83.2 Å². The van der Waals surface area contributed by atoms with Crippen LogP contribution in [0.3, 0.4) is 0 Å². The van der Waals surface area contributed by atoms with Gasteiger partial charge in [0.2, 0.25) is 0 Å². The summed E-state index contributed by atoms with van der Waals surface area (Å²) in [7, 11) is 3.23. The van der Waals surface area contributed by atoms with Gasteiger partial charge in [-0.25, -0.2) is 4.98 Å². The van der Waals surface area contributed by atoms with Crippen LogP contribution in [0.25, 0.3) is 22.4 Å². The lowest BCUT2D eigenvalue weighted by molar-refractivity contribution is 0.102. The molecule has 3 aromatic carbocycles. The second kappa shape index (κ2) is 10.3. The number of anilines is 1. The highest BCUT2D eigenvalue weighted by atomic mass is 32.1. The lowest BCUT2D eigenvalue weighted by Crippen LogP contribution is -2.11. The second-order valence-electron chi connectivity index (χ2n) is 7.51. The van der Waals surface area contributed by atoms with Crippen LogP contribution in [-0.2, 0) is 6.42 Å². The zero-order valence-electron chi connectivity index (χ0n) is 18.9. The summed E-state index contributed by atoms with van der Waals surface area (Å²) in [5, 5.41) is 3.55. The highest BCUT2D eigenvalue weighted by Crippen LogP contribution is 2.37. The molecule has 6 heteroatoms. The van der Waals surface area contributed by atoms with Gasteiger partial charge in [-0.15, -0.1) is 11.3 Å². The van der Waals surface area contributed by atoms with Crippen molar-refractivity contribution in [3.8, 4) is 33.9 Å². The molecular formula is C27H26N2O3S. The van der Waals surface area contributed by atoms with Crippen molar-refractivity contribution in [1.82, 2.24) is 4.98 Å². The maximum atomic E-state index is 12.9. The van der Waals surface area contributed by atoms with Gasteiger partial charge in [0.1, 0.15) is 0 Å². The molecule has 168 valence electrons. The van der Waals surface area contributed by atoms with Crippen LogP contribution in [0.5, 0.6) is 11.5 Å². The third kappa shape index (κ3) is 5.07. The zero-order chi connectivity index (χ0) is 23.2. The molecule has 0 atom stereocenters. The number of rotatable bonds is 8. The molecule has 0 aliphatic carbocycles.